The summed E-state index contributed by atoms with van der Waals surface area (Å²) in [5.41, 5.74) is 2.38. The van der Waals surface area contributed by atoms with Crippen molar-refractivity contribution in [2.45, 2.75) is 89.7 Å². The zero-order chi connectivity index (χ0) is 14.9. The van der Waals surface area contributed by atoms with Gasteiger partial charge in [-0.25, -0.2) is 0 Å². The SMILES string of the molecule is B(C1CCCCC1)C1CCCCC1.Cc1cccnc1C. The van der Waals surface area contributed by atoms with Gasteiger partial charge in [0.05, 0.1) is 0 Å². The first kappa shape index (κ1) is 16.6. The lowest BCUT2D eigenvalue weighted by atomic mass is 9.48. The van der Waals surface area contributed by atoms with Gasteiger partial charge >= 0.3 is 0 Å². The molecular formula is C19H32BN. The minimum Gasteiger partial charge on any atom is -0.261 e. The van der Waals surface area contributed by atoms with Gasteiger partial charge in [-0.1, -0.05) is 81.9 Å². The van der Waals surface area contributed by atoms with Gasteiger partial charge in [0, 0.05) is 11.9 Å². The molecule has 2 aliphatic carbocycles. The number of aromatic nitrogens is 1. The first-order valence-electron chi connectivity index (χ1n) is 9.14. The second-order valence-corrected chi connectivity index (χ2v) is 7.15. The molecule has 0 bridgehead atoms. The fraction of sp³-hybridized carbons (Fsp3) is 0.737. The predicted octanol–water partition coefficient (Wildman–Crippen LogP) is 5.63. The van der Waals surface area contributed by atoms with Crippen LogP contribution in [0, 0.1) is 13.8 Å². The van der Waals surface area contributed by atoms with Crippen LogP contribution >= 0.6 is 0 Å². The normalized spacial score (nSPS) is 20.5. The van der Waals surface area contributed by atoms with Gasteiger partial charge in [0.1, 0.15) is 7.28 Å². The van der Waals surface area contributed by atoms with Gasteiger partial charge in [-0.05, 0) is 25.5 Å². The van der Waals surface area contributed by atoms with Crippen molar-refractivity contribution in [3.05, 3.63) is 29.6 Å². The van der Waals surface area contributed by atoms with Crippen LogP contribution in [0.15, 0.2) is 18.3 Å². The molecule has 3 rings (SSSR count). The van der Waals surface area contributed by atoms with Gasteiger partial charge in [-0.15, -0.1) is 0 Å². The fourth-order valence-corrected chi connectivity index (χ4v) is 3.88. The summed E-state index contributed by atoms with van der Waals surface area (Å²) < 4.78 is 0. The number of hydrogen-bond acceptors (Lipinski definition) is 1. The standard InChI is InChI=1S/C12H23B.C7H9N/c1-3-7-11(8-4-1)13-12-9-5-2-6-10-12;1-6-4-3-5-8-7(6)2/h11-13H,1-10H2;3-5H,1-2H3. The molecule has 116 valence electrons. The van der Waals surface area contributed by atoms with Crippen LogP contribution in [-0.4, -0.2) is 12.3 Å². The molecule has 1 heterocycles. The maximum absolute atomic E-state index is 4.08. The lowest BCUT2D eigenvalue weighted by Crippen LogP contribution is -2.16. The first-order valence-corrected chi connectivity index (χ1v) is 9.14. The van der Waals surface area contributed by atoms with E-state index in [0.717, 1.165) is 17.3 Å². The summed E-state index contributed by atoms with van der Waals surface area (Å²) in [7, 11) is 1.58. The molecule has 0 amide bonds. The topological polar surface area (TPSA) is 12.9 Å². The minimum atomic E-state index is 1.12. The summed E-state index contributed by atoms with van der Waals surface area (Å²) in [6.07, 6.45) is 17.1. The summed E-state index contributed by atoms with van der Waals surface area (Å²) in [6, 6.07) is 4.00. The number of rotatable bonds is 2. The van der Waals surface area contributed by atoms with Crippen molar-refractivity contribution in [2.75, 3.05) is 0 Å². The third kappa shape index (κ3) is 6.24. The smallest absolute Gasteiger partial charge is 0.127 e. The zero-order valence-electron chi connectivity index (χ0n) is 14.1. The third-order valence-corrected chi connectivity index (χ3v) is 5.39. The van der Waals surface area contributed by atoms with Crippen LogP contribution in [0.3, 0.4) is 0 Å². The molecule has 0 radical (unpaired) electrons. The van der Waals surface area contributed by atoms with Gasteiger partial charge in [0.25, 0.3) is 0 Å². The van der Waals surface area contributed by atoms with Gasteiger partial charge in [-0.3, -0.25) is 4.98 Å². The molecule has 1 aromatic heterocycles. The molecule has 0 N–H and O–H groups in total. The van der Waals surface area contributed by atoms with Crippen molar-refractivity contribution in [1.82, 2.24) is 4.98 Å². The fourth-order valence-electron chi connectivity index (χ4n) is 3.88. The van der Waals surface area contributed by atoms with Crippen molar-refractivity contribution in [1.29, 1.82) is 0 Å². The highest BCUT2D eigenvalue weighted by atomic mass is 14.6. The molecule has 1 aromatic rings. The summed E-state index contributed by atoms with van der Waals surface area (Å²) >= 11 is 0. The van der Waals surface area contributed by atoms with E-state index < -0.39 is 0 Å². The van der Waals surface area contributed by atoms with Gasteiger partial charge in [0.2, 0.25) is 0 Å². The van der Waals surface area contributed by atoms with E-state index in [2.05, 4.69) is 18.0 Å². The minimum absolute atomic E-state index is 1.12. The van der Waals surface area contributed by atoms with Gasteiger partial charge in [-0.2, -0.15) is 0 Å². The zero-order valence-corrected chi connectivity index (χ0v) is 14.1. The number of hydrogen-bond donors (Lipinski definition) is 0. The molecule has 0 unspecified atom stereocenters. The van der Waals surface area contributed by atoms with Gasteiger partial charge < -0.3 is 0 Å². The molecule has 0 saturated heterocycles. The van der Waals surface area contributed by atoms with E-state index in [0.29, 0.717) is 0 Å². The molecule has 2 aliphatic rings. The second kappa shape index (κ2) is 9.28. The quantitative estimate of drug-likeness (QED) is 0.642. The van der Waals surface area contributed by atoms with Crippen LogP contribution in [0.25, 0.3) is 0 Å². The highest BCUT2D eigenvalue weighted by molar-refractivity contribution is 6.39. The van der Waals surface area contributed by atoms with Crippen LogP contribution in [0.4, 0.5) is 0 Å². The van der Waals surface area contributed by atoms with E-state index in [-0.39, 0.29) is 0 Å². The maximum atomic E-state index is 4.08. The maximum Gasteiger partial charge on any atom is 0.127 e. The summed E-state index contributed by atoms with van der Waals surface area (Å²) in [6.45, 7) is 4.07. The van der Waals surface area contributed by atoms with Crippen LogP contribution < -0.4 is 0 Å². The monoisotopic (exact) mass is 285 g/mol. The summed E-state index contributed by atoms with van der Waals surface area (Å²) in [5, 5.41) is 0. The molecular weight excluding hydrogens is 253 g/mol. The average molecular weight is 285 g/mol. The highest BCUT2D eigenvalue weighted by Gasteiger charge is 2.21. The van der Waals surface area contributed by atoms with Crippen molar-refractivity contribution >= 4 is 7.28 Å². The first-order chi connectivity index (χ1) is 10.3. The molecule has 21 heavy (non-hydrogen) atoms. The van der Waals surface area contributed by atoms with E-state index in [1.54, 1.807) is 33.0 Å². The van der Waals surface area contributed by atoms with Crippen LogP contribution in [0.5, 0.6) is 0 Å². The van der Waals surface area contributed by atoms with Crippen LogP contribution in [-0.2, 0) is 0 Å². The van der Waals surface area contributed by atoms with Crippen molar-refractivity contribution in [2.24, 2.45) is 0 Å². The van der Waals surface area contributed by atoms with E-state index in [1.807, 2.05) is 19.2 Å². The summed E-state index contributed by atoms with van der Waals surface area (Å²) in [5.74, 6) is 2.24. The van der Waals surface area contributed by atoms with E-state index in [4.69, 9.17) is 0 Å². The Balaban J connectivity index is 0.000000173. The Morgan fingerprint density at radius 1 is 0.857 bits per heavy atom. The molecule has 1 nitrogen and oxygen atoms in total. The predicted molar refractivity (Wildman–Crippen MR) is 94.5 cm³/mol. The van der Waals surface area contributed by atoms with Crippen LogP contribution in [0.1, 0.15) is 75.5 Å². The molecule has 2 fully saturated rings. The Kier molecular flexibility index (Phi) is 7.33. The van der Waals surface area contributed by atoms with Crippen LogP contribution in [0.2, 0.25) is 11.6 Å². The molecule has 0 spiro atoms. The Morgan fingerprint density at radius 2 is 1.38 bits per heavy atom. The number of pyridine rings is 1. The van der Waals surface area contributed by atoms with Crippen molar-refractivity contribution in [3.63, 3.8) is 0 Å². The highest BCUT2D eigenvalue weighted by Crippen LogP contribution is 2.36. The van der Waals surface area contributed by atoms with Crippen molar-refractivity contribution in [3.8, 4) is 0 Å². The molecule has 2 heteroatoms. The Morgan fingerprint density at radius 3 is 1.76 bits per heavy atom. The van der Waals surface area contributed by atoms with E-state index in [1.165, 1.54) is 44.1 Å². The van der Waals surface area contributed by atoms with Gasteiger partial charge in [0.15, 0.2) is 0 Å². The lowest BCUT2D eigenvalue weighted by Gasteiger charge is -2.27. The van der Waals surface area contributed by atoms with Crippen molar-refractivity contribution < 1.29 is 0 Å². The molecule has 2 saturated carbocycles. The second-order valence-electron chi connectivity index (χ2n) is 7.15. The molecule has 0 atom stereocenters. The lowest BCUT2D eigenvalue weighted by molar-refractivity contribution is 0.470. The molecule has 0 aliphatic heterocycles. The number of aryl methyl sites for hydroxylation is 2. The Bertz CT molecular complexity index is 355. The number of nitrogens with zero attached hydrogens (tertiary/aromatic N) is 1. The average Bonchev–Trinajstić information content (AvgIpc) is 2.53. The Hall–Kier alpha value is -0.785. The molecule has 0 aromatic carbocycles. The largest absolute Gasteiger partial charge is 0.261 e. The summed E-state index contributed by atoms with van der Waals surface area (Å²) in [4.78, 5) is 4.08. The van der Waals surface area contributed by atoms with E-state index >= 15 is 0 Å². The third-order valence-electron chi connectivity index (χ3n) is 5.39. The Labute approximate surface area is 132 Å². The van der Waals surface area contributed by atoms with E-state index in [9.17, 15) is 0 Å².